The highest BCUT2D eigenvalue weighted by atomic mass is 16.4. The molecule has 0 heterocycles. The van der Waals surface area contributed by atoms with Crippen LogP contribution in [0.15, 0.2) is 18.2 Å². The van der Waals surface area contributed by atoms with Crippen LogP contribution in [0.2, 0.25) is 0 Å². The van der Waals surface area contributed by atoms with Crippen molar-refractivity contribution in [3.63, 3.8) is 0 Å². The average molecular weight is 224 g/mol. The number of hydrogen-bond donors (Lipinski definition) is 4. The van der Waals surface area contributed by atoms with E-state index < -0.39 is 17.9 Å². The van der Waals surface area contributed by atoms with Crippen LogP contribution in [0.3, 0.4) is 0 Å². The van der Waals surface area contributed by atoms with Crippen molar-refractivity contribution in [1.29, 1.82) is 0 Å². The van der Waals surface area contributed by atoms with Gasteiger partial charge in [-0.05, 0) is 24.1 Å². The SMILES string of the molecule is NC(=O)c1cc(CC(N)C(=O)O)ccc1O. The van der Waals surface area contributed by atoms with Crippen molar-refractivity contribution in [1.82, 2.24) is 0 Å². The molecule has 0 spiro atoms. The van der Waals surface area contributed by atoms with Crippen LogP contribution < -0.4 is 11.5 Å². The van der Waals surface area contributed by atoms with Gasteiger partial charge in [0, 0.05) is 0 Å². The van der Waals surface area contributed by atoms with Gasteiger partial charge in [-0.2, -0.15) is 0 Å². The number of benzene rings is 1. The number of carboxylic acid groups (broad SMARTS) is 1. The number of aromatic hydroxyl groups is 1. The van der Waals surface area contributed by atoms with Gasteiger partial charge in [0.05, 0.1) is 5.56 Å². The first-order valence-corrected chi connectivity index (χ1v) is 4.52. The van der Waals surface area contributed by atoms with Gasteiger partial charge >= 0.3 is 5.97 Å². The average Bonchev–Trinajstić information content (AvgIpc) is 2.20. The van der Waals surface area contributed by atoms with Gasteiger partial charge in [0.15, 0.2) is 0 Å². The number of aliphatic carboxylic acids is 1. The molecule has 1 atom stereocenters. The van der Waals surface area contributed by atoms with E-state index in [9.17, 15) is 14.7 Å². The summed E-state index contributed by atoms with van der Waals surface area (Å²) in [6, 6.07) is 3.06. The second kappa shape index (κ2) is 4.63. The molecule has 1 unspecified atom stereocenters. The lowest BCUT2D eigenvalue weighted by atomic mass is 10.0. The molecule has 0 aliphatic carbocycles. The summed E-state index contributed by atoms with van der Waals surface area (Å²) in [4.78, 5) is 21.4. The summed E-state index contributed by atoms with van der Waals surface area (Å²) >= 11 is 0. The van der Waals surface area contributed by atoms with E-state index in [4.69, 9.17) is 16.6 Å². The number of carboxylic acids is 1. The van der Waals surface area contributed by atoms with E-state index in [1.54, 1.807) is 0 Å². The molecule has 0 saturated carbocycles. The van der Waals surface area contributed by atoms with E-state index in [2.05, 4.69) is 0 Å². The smallest absolute Gasteiger partial charge is 0.320 e. The molecule has 16 heavy (non-hydrogen) atoms. The zero-order valence-electron chi connectivity index (χ0n) is 8.38. The van der Waals surface area contributed by atoms with Crippen molar-refractivity contribution in [2.45, 2.75) is 12.5 Å². The molecular weight excluding hydrogens is 212 g/mol. The fourth-order valence-electron chi connectivity index (χ4n) is 1.25. The van der Waals surface area contributed by atoms with Crippen molar-refractivity contribution in [3.8, 4) is 5.75 Å². The van der Waals surface area contributed by atoms with Crippen LogP contribution in [0.5, 0.6) is 5.75 Å². The minimum Gasteiger partial charge on any atom is -0.507 e. The second-order valence-corrected chi connectivity index (χ2v) is 3.36. The van der Waals surface area contributed by atoms with E-state index in [0.717, 1.165) is 0 Å². The van der Waals surface area contributed by atoms with E-state index in [1.807, 2.05) is 0 Å². The Hall–Kier alpha value is -2.08. The molecule has 1 aromatic carbocycles. The Balaban J connectivity index is 2.95. The number of amides is 1. The van der Waals surface area contributed by atoms with E-state index in [1.165, 1.54) is 18.2 Å². The summed E-state index contributed by atoms with van der Waals surface area (Å²) in [5.74, 6) is -2.14. The molecule has 0 radical (unpaired) electrons. The van der Waals surface area contributed by atoms with Crippen LogP contribution in [0.4, 0.5) is 0 Å². The Labute approximate surface area is 91.5 Å². The normalized spacial score (nSPS) is 12.1. The highest BCUT2D eigenvalue weighted by Gasteiger charge is 2.14. The molecule has 6 heteroatoms. The zero-order valence-corrected chi connectivity index (χ0v) is 8.38. The minimum atomic E-state index is -1.13. The summed E-state index contributed by atoms with van der Waals surface area (Å²) in [6.07, 6.45) is 0.0654. The van der Waals surface area contributed by atoms with Crippen LogP contribution >= 0.6 is 0 Å². The van der Waals surface area contributed by atoms with Crippen LogP contribution in [-0.2, 0) is 11.2 Å². The maximum atomic E-state index is 10.9. The first-order chi connectivity index (χ1) is 7.41. The molecular formula is C10H12N2O4. The molecule has 0 aromatic heterocycles. The highest BCUT2D eigenvalue weighted by molar-refractivity contribution is 5.95. The highest BCUT2D eigenvalue weighted by Crippen LogP contribution is 2.18. The molecule has 1 rings (SSSR count). The van der Waals surface area contributed by atoms with Crippen LogP contribution in [0.25, 0.3) is 0 Å². The predicted molar refractivity (Wildman–Crippen MR) is 55.9 cm³/mol. The van der Waals surface area contributed by atoms with Crippen LogP contribution in [0.1, 0.15) is 15.9 Å². The van der Waals surface area contributed by atoms with Crippen molar-refractivity contribution in [2.75, 3.05) is 0 Å². The molecule has 0 saturated heterocycles. The zero-order chi connectivity index (χ0) is 12.3. The summed E-state index contributed by atoms with van der Waals surface area (Å²) in [7, 11) is 0. The fourth-order valence-corrected chi connectivity index (χ4v) is 1.25. The molecule has 6 N–H and O–H groups in total. The van der Waals surface area contributed by atoms with Crippen LogP contribution in [-0.4, -0.2) is 28.1 Å². The third-order valence-electron chi connectivity index (χ3n) is 2.10. The number of primary amides is 1. The summed E-state index contributed by atoms with van der Waals surface area (Å²) < 4.78 is 0. The Bertz CT molecular complexity index is 431. The Morgan fingerprint density at radius 2 is 2.00 bits per heavy atom. The largest absolute Gasteiger partial charge is 0.507 e. The number of carbonyl (C=O) groups excluding carboxylic acids is 1. The first-order valence-electron chi connectivity index (χ1n) is 4.52. The van der Waals surface area contributed by atoms with Gasteiger partial charge in [-0.1, -0.05) is 6.07 Å². The van der Waals surface area contributed by atoms with E-state index in [0.29, 0.717) is 5.56 Å². The minimum absolute atomic E-state index is 0.0462. The van der Waals surface area contributed by atoms with Crippen molar-refractivity contribution < 1.29 is 19.8 Å². The van der Waals surface area contributed by atoms with Gasteiger partial charge in [-0.25, -0.2) is 0 Å². The lowest BCUT2D eigenvalue weighted by Crippen LogP contribution is -2.32. The Morgan fingerprint density at radius 1 is 1.38 bits per heavy atom. The molecule has 0 fully saturated rings. The molecule has 1 aromatic rings. The lowest BCUT2D eigenvalue weighted by Gasteiger charge is -2.08. The third kappa shape index (κ3) is 2.71. The Kier molecular flexibility index (Phi) is 3.47. The first kappa shape index (κ1) is 12.0. The fraction of sp³-hybridized carbons (Fsp3) is 0.200. The van der Waals surface area contributed by atoms with Gasteiger partial charge in [0.2, 0.25) is 0 Å². The topological polar surface area (TPSA) is 127 Å². The second-order valence-electron chi connectivity index (χ2n) is 3.36. The number of hydrogen-bond acceptors (Lipinski definition) is 4. The standard InChI is InChI=1S/C10H12N2O4/c11-7(10(15)16)4-5-1-2-8(13)6(3-5)9(12)14/h1-3,7,13H,4,11H2,(H2,12,14)(H,15,16). The Morgan fingerprint density at radius 3 is 2.50 bits per heavy atom. The van der Waals surface area contributed by atoms with Gasteiger partial charge in [0.1, 0.15) is 11.8 Å². The molecule has 86 valence electrons. The van der Waals surface area contributed by atoms with E-state index >= 15 is 0 Å². The summed E-state index contributed by atoms with van der Waals surface area (Å²) in [5.41, 5.74) is 10.8. The molecule has 1 amide bonds. The van der Waals surface area contributed by atoms with Gasteiger partial charge in [-0.15, -0.1) is 0 Å². The third-order valence-corrected chi connectivity index (χ3v) is 2.10. The molecule has 6 nitrogen and oxygen atoms in total. The van der Waals surface area contributed by atoms with Crippen molar-refractivity contribution >= 4 is 11.9 Å². The van der Waals surface area contributed by atoms with Crippen molar-refractivity contribution in [2.24, 2.45) is 11.5 Å². The number of rotatable bonds is 4. The number of carbonyl (C=O) groups is 2. The van der Waals surface area contributed by atoms with Crippen LogP contribution in [0, 0.1) is 0 Å². The molecule has 0 bridgehead atoms. The van der Waals surface area contributed by atoms with Crippen molar-refractivity contribution in [3.05, 3.63) is 29.3 Å². The molecule has 0 aliphatic heterocycles. The quantitative estimate of drug-likeness (QED) is 0.545. The van der Waals surface area contributed by atoms with Gasteiger partial charge in [0.25, 0.3) is 5.91 Å². The maximum absolute atomic E-state index is 10.9. The molecule has 0 aliphatic rings. The van der Waals surface area contributed by atoms with Gasteiger partial charge in [-0.3, -0.25) is 9.59 Å². The van der Waals surface area contributed by atoms with Gasteiger partial charge < -0.3 is 21.7 Å². The lowest BCUT2D eigenvalue weighted by molar-refractivity contribution is -0.138. The number of phenols is 1. The number of nitrogens with two attached hydrogens (primary N) is 2. The maximum Gasteiger partial charge on any atom is 0.320 e. The summed E-state index contributed by atoms with van der Waals surface area (Å²) in [6.45, 7) is 0. The predicted octanol–water partition coefficient (Wildman–Crippen LogP) is -0.554. The monoisotopic (exact) mass is 224 g/mol. The summed E-state index contributed by atoms with van der Waals surface area (Å²) in [5, 5.41) is 17.9. The van der Waals surface area contributed by atoms with E-state index in [-0.39, 0.29) is 17.7 Å².